The molecule has 2 aliphatic heterocycles. The lowest BCUT2D eigenvalue weighted by molar-refractivity contribution is -0.131. The second-order valence-electron chi connectivity index (χ2n) is 8.69. The molecule has 1 fully saturated rings. The van der Waals surface area contributed by atoms with Gasteiger partial charge in [-0.1, -0.05) is 12.1 Å². The third-order valence-corrected chi connectivity index (χ3v) is 6.33. The Kier molecular flexibility index (Phi) is 6.41. The number of ether oxygens (including phenoxy) is 1. The predicted molar refractivity (Wildman–Crippen MR) is 119 cm³/mol. The number of aromatic amines is 1. The molecule has 0 bridgehead atoms. The maximum Gasteiger partial charge on any atom is 0.255 e. The van der Waals surface area contributed by atoms with E-state index < -0.39 is 0 Å². The number of rotatable bonds is 6. The highest BCUT2D eigenvalue weighted by molar-refractivity contribution is 5.79. The van der Waals surface area contributed by atoms with Crippen LogP contribution in [0, 0.1) is 0 Å². The highest BCUT2D eigenvalue weighted by Crippen LogP contribution is 2.31. The summed E-state index contributed by atoms with van der Waals surface area (Å²) in [6.07, 6.45) is 2.86. The van der Waals surface area contributed by atoms with Crippen molar-refractivity contribution in [1.82, 2.24) is 19.8 Å². The molecular formula is C24H32N4O3. The van der Waals surface area contributed by atoms with Gasteiger partial charge in [0.05, 0.1) is 30.3 Å². The second-order valence-corrected chi connectivity index (χ2v) is 8.69. The molecule has 7 nitrogen and oxygen atoms in total. The fraction of sp³-hybridized carbons (Fsp3) is 0.542. The number of nitrogens with zero attached hydrogens (tertiary/aromatic N) is 3. The maximum absolute atomic E-state index is 13.1. The van der Waals surface area contributed by atoms with Crippen LogP contribution in [0.2, 0.25) is 0 Å². The van der Waals surface area contributed by atoms with Crippen molar-refractivity contribution in [3.63, 3.8) is 0 Å². The lowest BCUT2D eigenvalue weighted by Gasteiger charge is -2.31. The molecular weight excluding hydrogens is 392 g/mol. The number of likely N-dealkylation sites (tertiary alicyclic amines) is 1. The standard InChI is InChI=1S/C24H32N4O3/c1-4-31-18-9-7-17(8-10-18)14-22(29)28-12-5-6-21(28)23-25-20-11-13-27(16(2)3)15-19(20)24(30)26-23/h7-10,16,21H,4-6,11-15H2,1-3H3,(H,25,26,30). The molecule has 0 saturated carbocycles. The molecule has 0 aliphatic carbocycles. The van der Waals surface area contributed by atoms with Crippen LogP contribution in [0.4, 0.5) is 0 Å². The van der Waals surface area contributed by atoms with E-state index in [0.717, 1.165) is 48.4 Å². The SMILES string of the molecule is CCOc1ccc(CC(=O)N2CCCC2c2nc3c(c(=O)[nH]2)CN(C(C)C)CC3)cc1. The Labute approximate surface area is 183 Å². The van der Waals surface area contributed by atoms with Gasteiger partial charge in [-0.15, -0.1) is 0 Å². The summed E-state index contributed by atoms with van der Waals surface area (Å²) in [5.74, 6) is 1.52. The van der Waals surface area contributed by atoms with Gasteiger partial charge >= 0.3 is 0 Å². The third kappa shape index (κ3) is 4.66. The van der Waals surface area contributed by atoms with E-state index in [0.29, 0.717) is 38.0 Å². The summed E-state index contributed by atoms with van der Waals surface area (Å²) in [6, 6.07) is 7.92. The van der Waals surface area contributed by atoms with Gasteiger partial charge in [-0.2, -0.15) is 0 Å². The first kappa shape index (κ1) is 21.6. The number of fused-ring (bicyclic) bond motifs is 1. The summed E-state index contributed by atoms with van der Waals surface area (Å²) in [5.41, 5.74) is 2.56. The van der Waals surface area contributed by atoms with Gasteiger partial charge in [0, 0.05) is 32.1 Å². The minimum absolute atomic E-state index is 0.0591. The van der Waals surface area contributed by atoms with E-state index in [9.17, 15) is 9.59 Å². The minimum atomic E-state index is -0.156. The van der Waals surface area contributed by atoms with Crippen molar-refractivity contribution in [1.29, 1.82) is 0 Å². The van der Waals surface area contributed by atoms with E-state index in [1.54, 1.807) is 0 Å². The van der Waals surface area contributed by atoms with E-state index in [1.807, 2.05) is 36.1 Å². The van der Waals surface area contributed by atoms with Crippen molar-refractivity contribution in [2.24, 2.45) is 0 Å². The average Bonchev–Trinajstić information content (AvgIpc) is 3.25. The number of hydrogen-bond donors (Lipinski definition) is 1. The molecule has 4 rings (SSSR count). The van der Waals surface area contributed by atoms with Crippen LogP contribution in [-0.2, 0) is 24.2 Å². The zero-order chi connectivity index (χ0) is 22.0. The Morgan fingerprint density at radius 2 is 2.03 bits per heavy atom. The summed E-state index contributed by atoms with van der Waals surface area (Å²) in [5, 5.41) is 0. The molecule has 3 heterocycles. The molecule has 1 unspecified atom stereocenters. The quantitative estimate of drug-likeness (QED) is 0.772. The monoisotopic (exact) mass is 424 g/mol. The topological polar surface area (TPSA) is 78.5 Å². The Morgan fingerprint density at radius 3 is 2.74 bits per heavy atom. The number of H-pyrrole nitrogens is 1. The summed E-state index contributed by atoms with van der Waals surface area (Å²) >= 11 is 0. The van der Waals surface area contributed by atoms with Gasteiger partial charge in [0.15, 0.2) is 0 Å². The summed E-state index contributed by atoms with van der Waals surface area (Å²) in [4.78, 5) is 37.9. The van der Waals surface area contributed by atoms with Crippen LogP contribution >= 0.6 is 0 Å². The van der Waals surface area contributed by atoms with E-state index in [4.69, 9.17) is 9.72 Å². The van der Waals surface area contributed by atoms with Gasteiger partial charge < -0.3 is 14.6 Å². The number of amides is 1. The molecule has 1 aromatic carbocycles. The first-order chi connectivity index (χ1) is 15.0. The molecule has 0 spiro atoms. The van der Waals surface area contributed by atoms with Gasteiger partial charge in [-0.3, -0.25) is 14.5 Å². The van der Waals surface area contributed by atoms with E-state index in [-0.39, 0.29) is 17.5 Å². The average molecular weight is 425 g/mol. The van der Waals surface area contributed by atoms with Crippen molar-refractivity contribution in [2.45, 2.75) is 65.1 Å². The zero-order valence-electron chi connectivity index (χ0n) is 18.7. The van der Waals surface area contributed by atoms with Crippen molar-refractivity contribution >= 4 is 5.91 Å². The van der Waals surface area contributed by atoms with E-state index >= 15 is 0 Å². The molecule has 1 saturated heterocycles. The first-order valence-corrected chi connectivity index (χ1v) is 11.3. The molecule has 7 heteroatoms. The Hall–Kier alpha value is -2.67. The minimum Gasteiger partial charge on any atom is -0.494 e. The van der Waals surface area contributed by atoms with Gasteiger partial charge in [-0.05, 0) is 51.3 Å². The van der Waals surface area contributed by atoms with Crippen molar-refractivity contribution in [2.75, 3.05) is 19.7 Å². The molecule has 1 amide bonds. The molecule has 2 aliphatic rings. The van der Waals surface area contributed by atoms with Crippen LogP contribution in [0.15, 0.2) is 29.1 Å². The zero-order valence-corrected chi connectivity index (χ0v) is 18.7. The van der Waals surface area contributed by atoms with Crippen LogP contribution in [0.3, 0.4) is 0 Å². The maximum atomic E-state index is 13.1. The van der Waals surface area contributed by atoms with Gasteiger partial charge in [0.25, 0.3) is 5.56 Å². The first-order valence-electron chi connectivity index (χ1n) is 11.3. The highest BCUT2D eigenvalue weighted by Gasteiger charge is 2.33. The number of nitrogens with one attached hydrogen (secondary N) is 1. The number of aromatic nitrogens is 2. The molecule has 1 aromatic heterocycles. The van der Waals surface area contributed by atoms with Crippen LogP contribution < -0.4 is 10.3 Å². The van der Waals surface area contributed by atoms with Crippen molar-refractivity contribution in [3.05, 3.63) is 57.3 Å². The Balaban J connectivity index is 1.50. The molecule has 0 radical (unpaired) electrons. The fourth-order valence-corrected chi connectivity index (χ4v) is 4.56. The van der Waals surface area contributed by atoms with Gasteiger partial charge in [0.2, 0.25) is 5.91 Å². The lowest BCUT2D eigenvalue weighted by Crippen LogP contribution is -2.40. The normalized spacial score (nSPS) is 19.0. The molecule has 1 atom stereocenters. The van der Waals surface area contributed by atoms with Crippen LogP contribution in [-0.4, -0.2) is 51.4 Å². The van der Waals surface area contributed by atoms with Crippen molar-refractivity contribution in [3.8, 4) is 5.75 Å². The van der Waals surface area contributed by atoms with Crippen LogP contribution in [0.25, 0.3) is 0 Å². The number of carbonyl (C=O) groups excluding carboxylic acids is 1. The summed E-state index contributed by atoms with van der Waals surface area (Å²) in [7, 11) is 0. The Morgan fingerprint density at radius 1 is 1.26 bits per heavy atom. The molecule has 1 N–H and O–H groups in total. The fourth-order valence-electron chi connectivity index (χ4n) is 4.56. The summed E-state index contributed by atoms with van der Waals surface area (Å²) in [6.45, 7) is 9.11. The van der Waals surface area contributed by atoms with Crippen LogP contribution in [0.1, 0.15) is 62.3 Å². The molecule has 31 heavy (non-hydrogen) atoms. The van der Waals surface area contributed by atoms with Gasteiger partial charge in [-0.25, -0.2) is 4.98 Å². The smallest absolute Gasteiger partial charge is 0.255 e. The van der Waals surface area contributed by atoms with E-state index in [1.165, 1.54) is 0 Å². The summed E-state index contributed by atoms with van der Waals surface area (Å²) < 4.78 is 5.48. The second kappa shape index (κ2) is 9.22. The van der Waals surface area contributed by atoms with Crippen LogP contribution in [0.5, 0.6) is 5.75 Å². The predicted octanol–water partition coefficient (Wildman–Crippen LogP) is 2.84. The third-order valence-electron chi connectivity index (χ3n) is 6.33. The lowest BCUT2D eigenvalue weighted by atomic mass is 10.0. The molecule has 166 valence electrons. The Bertz CT molecular complexity index is 983. The van der Waals surface area contributed by atoms with Gasteiger partial charge in [0.1, 0.15) is 11.6 Å². The number of carbonyl (C=O) groups is 1. The van der Waals surface area contributed by atoms with Crippen molar-refractivity contribution < 1.29 is 9.53 Å². The number of hydrogen-bond acceptors (Lipinski definition) is 5. The highest BCUT2D eigenvalue weighted by atomic mass is 16.5. The molecule has 2 aromatic rings. The number of benzene rings is 1. The largest absolute Gasteiger partial charge is 0.494 e. The van der Waals surface area contributed by atoms with E-state index in [2.05, 4.69) is 23.7 Å².